The van der Waals surface area contributed by atoms with Crippen LogP contribution in [0.5, 0.6) is 11.5 Å². The van der Waals surface area contributed by atoms with Gasteiger partial charge in [0.05, 0.1) is 13.2 Å². The van der Waals surface area contributed by atoms with Crippen molar-refractivity contribution < 1.29 is 14.2 Å². The quantitative estimate of drug-likeness (QED) is 0.296. The van der Waals surface area contributed by atoms with Crippen molar-refractivity contribution in [2.75, 3.05) is 0 Å². The highest BCUT2D eigenvalue weighted by Gasteiger charge is 2.25. The molecule has 0 radical (unpaired) electrons. The van der Waals surface area contributed by atoms with Gasteiger partial charge in [-0.2, -0.15) is 0 Å². The van der Waals surface area contributed by atoms with Gasteiger partial charge in [0.1, 0.15) is 23.7 Å². The van der Waals surface area contributed by atoms with E-state index in [2.05, 4.69) is 84.9 Å². The van der Waals surface area contributed by atoms with Gasteiger partial charge in [-0.25, -0.2) is 0 Å². The Morgan fingerprint density at radius 1 is 0.543 bits per heavy atom. The molecular weight excluding hydrogens is 432 g/mol. The highest BCUT2D eigenvalue weighted by atomic mass is 16.5. The van der Waals surface area contributed by atoms with Gasteiger partial charge in [-0.15, -0.1) is 0 Å². The van der Waals surface area contributed by atoms with Crippen LogP contribution in [-0.2, 0) is 30.8 Å². The number of para-hydroxylation sites is 2. The number of aryl methyl sites for hydroxylation is 2. The number of hydrogen-bond donors (Lipinski definition) is 0. The van der Waals surface area contributed by atoms with Crippen LogP contribution < -0.4 is 9.47 Å². The molecule has 2 atom stereocenters. The first-order chi connectivity index (χ1) is 17.3. The van der Waals surface area contributed by atoms with Crippen molar-refractivity contribution >= 4 is 0 Å². The lowest BCUT2D eigenvalue weighted by Gasteiger charge is -2.29. The highest BCUT2D eigenvalue weighted by Crippen LogP contribution is 2.39. The predicted molar refractivity (Wildman–Crippen MR) is 138 cm³/mol. The van der Waals surface area contributed by atoms with Gasteiger partial charge in [-0.05, 0) is 47.9 Å². The molecule has 35 heavy (non-hydrogen) atoms. The number of ether oxygens (including phenoxy) is 3. The fourth-order valence-electron chi connectivity index (χ4n) is 5.25. The molecule has 0 fully saturated rings. The average molecular weight is 463 g/mol. The normalized spacial score (nSPS) is 18.6. The number of rotatable bonds is 6. The van der Waals surface area contributed by atoms with Gasteiger partial charge in [0.2, 0.25) is 0 Å². The van der Waals surface area contributed by atoms with Gasteiger partial charge in [0, 0.05) is 11.1 Å². The van der Waals surface area contributed by atoms with Gasteiger partial charge in [-0.3, -0.25) is 0 Å². The summed E-state index contributed by atoms with van der Waals surface area (Å²) in [6, 6.07) is 33.8. The first-order valence-electron chi connectivity index (χ1n) is 12.6. The molecule has 0 bridgehead atoms. The van der Waals surface area contributed by atoms with Crippen LogP contribution in [0, 0.1) is 0 Å². The van der Waals surface area contributed by atoms with E-state index in [0.29, 0.717) is 13.2 Å². The molecule has 2 heterocycles. The molecular formula is C32H30O3. The summed E-state index contributed by atoms with van der Waals surface area (Å²) >= 11 is 0. The Hall–Kier alpha value is -3.56. The molecule has 4 aromatic carbocycles. The maximum absolute atomic E-state index is 6.50. The number of benzene rings is 4. The van der Waals surface area contributed by atoms with Crippen LogP contribution in [0.3, 0.4) is 0 Å². The van der Waals surface area contributed by atoms with Crippen molar-refractivity contribution in [2.45, 2.75) is 51.1 Å². The summed E-state index contributed by atoms with van der Waals surface area (Å²) in [4.78, 5) is 0. The van der Waals surface area contributed by atoms with E-state index >= 15 is 0 Å². The van der Waals surface area contributed by atoms with Crippen LogP contribution in [-0.4, -0.2) is 0 Å². The van der Waals surface area contributed by atoms with Crippen molar-refractivity contribution in [1.29, 1.82) is 0 Å². The van der Waals surface area contributed by atoms with Crippen LogP contribution in [0.4, 0.5) is 0 Å². The second kappa shape index (κ2) is 9.97. The average Bonchev–Trinajstić information content (AvgIpc) is 2.94. The van der Waals surface area contributed by atoms with Crippen molar-refractivity contribution in [1.82, 2.24) is 0 Å². The van der Waals surface area contributed by atoms with E-state index in [4.69, 9.17) is 14.2 Å². The summed E-state index contributed by atoms with van der Waals surface area (Å²) in [5.74, 6) is 1.98. The summed E-state index contributed by atoms with van der Waals surface area (Å²) in [6.07, 6.45) is 4.21. The van der Waals surface area contributed by atoms with Crippen LogP contribution >= 0.6 is 0 Å². The Labute approximate surface area is 207 Å². The van der Waals surface area contributed by atoms with Crippen molar-refractivity contribution in [3.63, 3.8) is 0 Å². The van der Waals surface area contributed by atoms with Crippen LogP contribution in [0.15, 0.2) is 97.1 Å². The molecule has 3 heteroatoms. The molecule has 0 amide bonds. The molecule has 2 aliphatic rings. The Kier molecular flexibility index (Phi) is 6.25. The monoisotopic (exact) mass is 462 g/mol. The second-order valence-electron chi connectivity index (χ2n) is 9.42. The lowest BCUT2D eigenvalue weighted by molar-refractivity contribution is 0.0943. The largest absolute Gasteiger partial charge is 0.485 e. The number of hydrogen-bond acceptors (Lipinski definition) is 3. The number of fused-ring (bicyclic) bond motifs is 2. The van der Waals surface area contributed by atoms with Crippen LogP contribution in [0.2, 0.25) is 0 Å². The minimum atomic E-state index is 0.0920. The smallest absolute Gasteiger partial charge is 0.128 e. The van der Waals surface area contributed by atoms with Gasteiger partial charge < -0.3 is 14.2 Å². The zero-order valence-corrected chi connectivity index (χ0v) is 19.9. The van der Waals surface area contributed by atoms with E-state index in [0.717, 1.165) is 48.3 Å². The summed E-state index contributed by atoms with van der Waals surface area (Å²) in [5, 5.41) is 0. The SMILES string of the molecule is c1ccc(C2CCc3cccc(COCc4cccc5c4OC(c4ccccc4)CC5)c3O2)cc1. The Morgan fingerprint density at radius 2 is 1.00 bits per heavy atom. The van der Waals surface area contributed by atoms with E-state index in [1.807, 2.05) is 12.1 Å². The Morgan fingerprint density at radius 3 is 1.46 bits per heavy atom. The van der Waals surface area contributed by atoms with E-state index in [1.165, 1.54) is 22.3 Å². The maximum Gasteiger partial charge on any atom is 0.128 e. The van der Waals surface area contributed by atoms with Crippen LogP contribution in [0.25, 0.3) is 0 Å². The highest BCUT2D eigenvalue weighted by molar-refractivity contribution is 5.45. The standard InChI is InChI=1S/C32H30O3/c1-3-9-23(10-4-1)29-19-17-25-13-7-15-27(31(25)34-29)21-33-22-28-16-8-14-26-18-20-30(35-32(26)28)24-11-5-2-6-12-24/h1-16,29-30H,17-22H2. The van der Waals surface area contributed by atoms with E-state index < -0.39 is 0 Å². The zero-order chi connectivity index (χ0) is 23.5. The zero-order valence-electron chi connectivity index (χ0n) is 19.9. The van der Waals surface area contributed by atoms with Crippen molar-refractivity contribution in [2.24, 2.45) is 0 Å². The first kappa shape index (κ1) is 21.9. The third kappa shape index (κ3) is 4.69. The summed E-state index contributed by atoms with van der Waals surface area (Å²) in [7, 11) is 0. The van der Waals surface area contributed by atoms with Gasteiger partial charge in [0.25, 0.3) is 0 Å². The molecule has 0 aromatic heterocycles. The van der Waals surface area contributed by atoms with Crippen molar-refractivity contribution in [3.05, 3.63) is 130 Å². The molecule has 3 nitrogen and oxygen atoms in total. The first-order valence-corrected chi connectivity index (χ1v) is 12.6. The predicted octanol–water partition coefficient (Wildman–Crippen LogP) is 7.54. The minimum absolute atomic E-state index is 0.0920. The molecule has 0 saturated carbocycles. The van der Waals surface area contributed by atoms with Crippen molar-refractivity contribution in [3.8, 4) is 11.5 Å². The molecule has 176 valence electrons. The molecule has 2 unspecified atom stereocenters. The molecule has 2 aliphatic heterocycles. The summed E-state index contributed by atoms with van der Waals surface area (Å²) < 4.78 is 19.3. The van der Waals surface area contributed by atoms with Gasteiger partial charge in [0.15, 0.2) is 0 Å². The molecule has 0 spiro atoms. The second-order valence-corrected chi connectivity index (χ2v) is 9.42. The Balaban J connectivity index is 1.16. The minimum Gasteiger partial charge on any atom is -0.485 e. The summed E-state index contributed by atoms with van der Waals surface area (Å²) in [5.41, 5.74) is 7.21. The Bertz CT molecular complexity index is 1180. The molecule has 4 aromatic rings. The van der Waals surface area contributed by atoms with E-state index in [1.54, 1.807) is 0 Å². The third-order valence-corrected chi connectivity index (χ3v) is 7.09. The molecule has 0 aliphatic carbocycles. The lowest BCUT2D eigenvalue weighted by atomic mass is 9.95. The van der Waals surface area contributed by atoms with Gasteiger partial charge in [-0.1, -0.05) is 97.1 Å². The molecule has 0 N–H and O–H groups in total. The van der Waals surface area contributed by atoms with E-state index in [9.17, 15) is 0 Å². The summed E-state index contributed by atoms with van der Waals surface area (Å²) in [6.45, 7) is 1.02. The van der Waals surface area contributed by atoms with E-state index in [-0.39, 0.29) is 12.2 Å². The molecule has 6 rings (SSSR count). The fraction of sp³-hybridized carbons (Fsp3) is 0.250. The third-order valence-electron chi connectivity index (χ3n) is 7.09. The topological polar surface area (TPSA) is 27.7 Å². The maximum atomic E-state index is 6.50. The fourth-order valence-corrected chi connectivity index (χ4v) is 5.25. The van der Waals surface area contributed by atoms with Gasteiger partial charge >= 0.3 is 0 Å². The molecule has 0 saturated heterocycles. The van der Waals surface area contributed by atoms with Crippen LogP contribution in [0.1, 0.15) is 58.4 Å². The lowest BCUT2D eigenvalue weighted by Crippen LogP contribution is -2.17.